The molecule has 0 saturated heterocycles. The van der Waals surface area contributed by atoms with Gasteiger partial charge in [0.05, 0.1) is 12.3 Å². The van der Waals surface area contributed by atoms with Crippen LogP contribution in [0.25, 0.3) is 0 Å². The summed E-state index contributed by atoms with van der Waals surface area (Å²) in [5.41, 5.74) is 6.66. The summed E-state index contributed by atoms with van der Waals surface area (Å²) < 4.78 is 0. The van der Waals surface area contributed by atoms with E-state index >= 15 is 0 Å². The molecule has 0 radical (unpaired) electrons. The van der Waals surface area contributed by atoms with Crippen LogP contribution in [0.15, 0.2) is 40.4 Å². The molecule has 1 heterocycles. The molecule has 1 heteroatoms. The van der Waals surface area contributed by atoms with E-state index in [0.29, 0.717) is 0 Å². The molecule has 0 unspecified atom stereocenters. The lowest BCUT2D eigenvalue weighted by molar-refractivity contribution is 1.13. The second-order valence-electron chi connectivity index (χ2n) is 4.08. The predicted octanol–water partition coefficient (Wildman–Crippen LogP) is 3.39. The number of nitrogens with zero attached hydrogens (tertiary/aromatic N) is 1. The third-order valence-electron chi connectivity index (χ3n) is 3.12. The molecule has 78 valence electrons. The van der Waals surface area contributed by atoms with Crippen molar-refractivity contribution < 1.29 is 0 Å². The maximum Gasteiger partial charge on any atom is 0.0682 e. The van der Waals surface area contributed by atoms with Crippen molar-refractivity contribution in [3.8, 4) is 0 Å². The van der Waals surface area contributed by atoms with Gasteiger partial charge in [-0.3, -0.25) is 4.99 Å². The molecule has 1 nitrogen and oxygen atoms in total. The highest BCUT2D eigenvalue weighted by Gasteiger charge is 2.15. The van der Waals surface area contributed by atoms with Crippen LogP contribution in [0.2, 0.25) is 0 Å². The molecule has 0 aromatic heterocycles. The normalized spacial score (nSPS) is 15.8. The molecule has 1 aromatic carbocycles. The van der Waals surface area contributed by atoms with Gasteiger partial charge < -0.3 is 0 Å². The maximum atomic E-state index is 4.62. The van der Waals surface area contributed by atoms with Crippen molar-refractivity contribution in [1.82, 2.24) is 0 Å². The fraction of sp³-hybridized carbons (Fsp3) is 0.357. The molecule has 0 spiro atoms. The van der Waals surface area contributed by atoms with Crippen LogP contribution < -0.4 is 0 Å². The first-order chi connectivity index (χ1) is 7.24. The smallest absolute Gasteiger partial charge is 0.0682 e. The highest BCUT2D eigenvalue weighted by atomic mass is 14.8. The molecular formula is C14H17N. The van der Waals surface area contributed by atoms with Gasteiger partial charge in [0.25, 0.3) is 0 Å². The minimum absolute atomic E-state index is 0.874. The second kappa shape index (κ2) is 4.01. The zero-order valence-corrected chi connectivity index (χ0v) is 9.67. The van der Waals surface area contributed by atoms with Crippen molar-refractivity contribution in [3.63, 3.8) is 0 Å². The van der Waals surface area contributed by atoms with Crippen molar-refractivity contribution in [2.24, 2.45) is 4.99 Å². The van der Waals surface area contributed by atoms with Gasteiger partial charge in [0.1, 0.15) is 0 Å². The van der Waals surface area contributed by atoms with Crippen LogP contribution in [-0.2, 0) is 6.42 Å². The lowest BCUT2D eigenvalue weighted by Crippen LogP contribution is -2.03. The number of aryl methyl sites for hydroxylation is 1. The van der Waals surface area contributed by atoms with Crippen molar-refractivity contribution >= 4 is 5.71 Å². The molecule has 0 saturated carbocycles. The monoisotopic (exact) mass is 199 g/mol. The van der Waals surface area contributed by atoms with Gasteiger partial charge in [0.2, 0.25) is 0 Å². The third-order valence-corrected chi connectivity index (χ3v) is 3.12. The quantitative estimate of drug-likeness (QED) is 0.692. The number of allylic oxidation sites excluding steroid dienone is 1. The van der Waals surface area contributed by atoms with Crippen LogP contribution >= 0.6 is 0 Å². The Hall–Kier alpha value is -1.37. The lowest BCUT2D eigenvalue weighted by Gasteiger charge is -2.08. The Labute approximate surface area is 91.6 Å². The SMILES string of the molecule is CCc1ccccc1C1=NCC(C)=C1C. The van der Waals surface area contributed by atoms with Gasteiger partial charge in [-0.05, 0) is 37.0 Å². The number of hydrogen-bond donors (Lipinski definition) is 0. The van der Waals surface area contributed by atoms with Crippen molar-refractivity contribution in [3.05, 3.63) is 46.5 Å². The molecular weight excluding hydrogens is 182 g/mol. The van der Waals surface area contributed by atoms with Gasteiger partial charge in [0.15, 0.2) is 0 Å². The Balaban J connectivity index is 2.47. The highest BCUT2D eigenvalue weighted by Crippen LogP contribution is 2.22. The summed E-state index contributed by atoms with van der Waals surface area (Å²) in [7, 11) is 0. The molecule has 0 amide bonds. The zero-order chi connectivity index (χ0) is 10.8. The largest absolute Gasteiger partial charge is 0.280 e. The second-order valence-corrected chi connectivity index (χ2v) is 4.08. The van der Waals surface area contributed by atoms with E-state index in [1.807, 2.05) is 0 Å². The van der Waals surface area contributed by atoms with Gasteiger partial charge in [-0.25, -0.2) is 0 Å². The summed E-state index contributed by atoms with van der Waals surface area (Å²) in [5.74, 6) is 0. The van der Waals surface area contributed by atoms with Crippen molar-refractivity contribution in [1.29, 1.82) is 0 Å². The summed E-state index contributed by atoms with van der Waals surface area (Å²) >= 11 is 0. The van der Waals surface area contributed by atoms with E-state index in [2.05, 4.69) is 50.0 Å². The molecule has 0 bridgehead atoms. The summed E-state index contributed by atoms with van der Waals surface area (Å²) in [6.45, 7) is 7.41. The van der Waals surface area contributed by atoms with Crippen LogP contribution in [0.3, 0.4) is 0 Å². The highest BCUT2D eigenvalue weighted by molar-refractivity contribution is 6.14. The fourth-order valence-electron chi connectivity index (χ4n) is 1.98. The Morgan fingerprint density at radius 2 is 1.93 bits per heavy atom. The summed E-state index contributed by atoms with van der Waals surface area (Å²) in [6.07, 6.45) is 1.07. The summed E-state index contributed by atoms with van der Waals surface area (Å²) in [6, 6.07) is 8.57. The van der Waals surface area contributed by atoms with Crippen molar-refractivity contribution in [2.75, 3.05) is 6.54 Å². The standard InChI is InChI=1S/C14H17N/c1-4-12-7-5-6-8-13(12)14-11(3)10(2)9-15-14/h5-8H,4,9H2,1-3H3. The molecule has 0 aliphatic carbocycles. The Kier molecular flexibility index (Phi) is 2.72. The average Bonchev–Trinajstić information content (AvgIpc) is 2.60. The number of aliphatic imine (C=N–C) groups is 1. The van der Waals surface area contributed by atoms with Crippen LogP contribution in [0, 0.1) is 0 Å². The minimum Gasteiger partial charge on any atom is -0.280 e. The van der Waals surface area contributed by atoms with E-state index in [1.165, 1.54) is 28.0 Å². The molecule has 0 atom stereocenters. The van der Waals surface area contributed by atoms with Crippen LogP contribution in [-0.4, -0.2) is 12.3 Å². The molecule has 1 aromatic rings. The Bertz CT molecular complexity index is 438. The van der Waals surface area contributed by atoms with E-state index < -0.39 is 0 Å². The Morgan fingerprint density at radius 3 is 2.53 bits per heavy atom. The minimum atomic E-state index is 0.874. The molecule has 1 aliphatic rings. The van der Waals surface area contributed by atoms with E-state index in [9.17, 15) is 0 Å². The zero-order valence-electron chi connectivity index (χ0n) is 9.67. The fourth-order valence-corrected chi connectivity index (χ4v) is 1.98. The van der Waals surface area contributed by atoms with Gasteiger partial charge in [-0.1, -0.05) is 31.2 Å². The van der Waals surface area contributed by atoms with Crippen LogP contribution in [0.5, 0.6) is 0 Å². The van der Waals surface area contributed by atoms with Gasteiger partial charge >= 0.3 is 0 Å². The maximum absolute atomic E-state index is 4.62. The van der Waals surface area contributed by atoms with Crippen LogP contribution in [0.4, 0.5) is 0 Å². The number of rotatable bonds is 2. The van der Waals surface area contributed by atoms with E-state index in [1.54, 1.807) is 0 Å². The summed E-state index contributed by atoms with van der Waals surface area (Å²) in [4.78, 5) is 4.62. The topological polar surface area (TPSA) is 12.4 Å². The van der Waals surface area contributed by atoms with Crippen LogP contribution in [0.1, 0.15) is 31.9 Å². The first kappa shape index (κ1) is 10.2. The first-order valence-corrected chi connectivity index (χ1v) is 5.53. The average molecular weight is 199 g/mol. The van der Waals surface area contributed by atoms with E-state index in [0.717, 1.165) is 13.0 Å². The third kappa shape index (κ3) is 1.74. The Morgan fingerprint density at radius 1 is 1.20 bits per heavy atom. The van der Waals surface area contributed by atoms with Gasteiger partial charge in [-0.15, -0.1) is 0 Å². The molecule has 2 rings (SSSR count). The van der Waals surface area contributed by atoms with E-state index in [-0.39, 0.29) is 0 Å². The lowest BCUT2D eigenvalue weighted by atomic mass is 9.96. The molecule has 15 heavy (non-hydrogen) atoms. The summed E-state index contributed by atoms with van der Waals surface area (Å²) in [5, 5.41) is 0. The first-order valence-electron chi connectivity index (χ1n) is 5.53. The van der Waals surface area contributed by atoms with Gasteiger partial charge in [0, 0.05) is 5.56 Å². The number of benzene rings is 1. The van der Waals surface area contributed by atoms with Gasteiger partial charge in [-0.2, -0.15) is 0 Å². The molecule has 0 N–H and O–H groups in total. The van der Waals surface area contributed by atoms with Crippen molar-refractivity contribution in [2.45, 2.75) is 27.2 Å². The molecule has 0 fully saturated rings. The van der Waals surface area contributed by atoms with E-state index in [4.69, 9.17) is 0 Å². The predicted molar refractivity (Wildman–Crippen MR) is 65.6 cm³/mol. The molecule has 1 aliphatic heterocycles. The number of hydrogen-bond acceptors (Lipinski definition) is 1.